The lowest BCUT2D eigenvalue weighted by Gasteiger charge is -2.22. The summed E-state index contributed by atoms with van der Waals surface area (Å²) in [5, 5.41) is 0. The van der Waals surface area contributed by atoms with E-state index in [9.17, 15) is 8.42 Å². The van der Waals surface area contributed by atoms with Crippen molar-refractivity contribution in [3.05, 3.63) is 52.9 Å². The fourth-order valence-electron chi connectivity index (χ4n) is 2.25. The van der Waals surface area contributed by atoms with E-state index in [1.54, 1.807) is 6.07 Å². The molecule has 2 heterocycles. The van der Waals surface area contributed by atoms with Gasteiger partial charge in [-0.15, -0.1) is 11.3 Å². The minimum atomic E-state index is -3.49. The van der Waals surface area contributed by atoms with Crippen LogP contribution in [-0.2, 0) is 14.8 Å². The molecule has 0 spiro atoms. The standard InChI is InChI=1S/C14H15NO3S2/c1-11-7-8-13(19-11)20(16,17)15-9-10-18-14(15)12-5-3-2-4-6-12/h2-8,14H,9-10H2,1H3. The molecule has 0 aliphatic carbocycles. The number of benzene rings is 1. The summed E-state index contributed by atoms with van der Waals surface area (Å²) in [6.07, 6.45) is -0.524. The lowest BCUT2D eigenvalue weighted by Crippen LogP contribution is -2.30. The van der Waals surface area contributed by atoms with E-state index in [0.29, 0.717) is 17.4 Å². The summed E-state index contributed by atoms with van der Waals surface area (Å²) in [6.45, 7) is 2.71. The van der Waals surface area contributed by atoms with E-state index >= 15 is 0 Å². The van der Waals surface area contributed by atoms with Gasteiger partial charge in [-0.05, 0) is 24.6 Å². The van der Waals surface area contributed by atoms with Gasteiger partial charge < -0.3 is 4.74 Å². The monoisotopic (exact) mass is 309 g/mol. The zero-order valence-electron chi connectivity index (χ0n) is 11.0. The fourth-order valence-corrected chi connectivity index (χ4v) is 5.16. The highest BCUT2D eigenvalue weighted by Gasteiger charge is 2.37. The molecule has 0 amide bonds. The van der Waals surface area contributed by atoms with Crippen LogP contribution in [0.5, 0.6) is 0 Å². The van der Waals surface area contributed by atoms with E-state index in [2.05, 4.69) is 0 Å². The molecular weight excluding hydrogens is 294 g/mol. The van der Waals surface area contributed by atoms with Crippen LogP contribution in [0, 0.1) is 6.92 Å². The van der Waals surface area contributed by atoms with Crippen LogP contribution in [0.25, 0.3) is 0 Å². The fraction of sp³-hybridized carbons (Fsp3) is 0.286. The molecule has 1 unspecified atom stereocenters. The smallest absolute Gasteiger partial charge is 0.255 e. The molecule has 0 bridgehead atoms. The van der Waals surface area contributed by atoms with Crippen LogP contribution in [-0.4, -0.2) is 25.9 Å². The van der Waals surface area contributed by atoms with Crippen molar-refractivity contribution < 1.29 is 13.2 Å². The van der Waals surface area contributed by atoms with Gasteiger partial charge in [0.05, 0.1) is 6.61 Å². The van der Waals surface area contributed by atoms with Crippen LogP contribution in [0.4, 0.5) is 0 Å². The van der Waals surface area contributed by atoms with Gasteiger partial charge in [0.2, 0.25) is 0 Å². The van der Waals surface area contributed by atoms with Gasteiger partial charge in [0, 0.05) is 11.4 Å². The molecule has 1 aliphatic rings. The summed E-state index contributed by atoms with van der Waals surface area (Å²) >= 11 is 1.29. The van der Waals surface area contributed by atoms with Crippen molar-refractivity contribution in [2.45, 2.75) is 17.4 Å². The summed E-state index contributed by atoms with van der Waals surface area (Å²) in [7, 11) is -3.49. The number of sulfonamides is 1. The third-order valence-electron chi connectivity index (χ3n) is 3.21. The summed E-state index contributed by atoms with van der Waals surface area (Å²) in [6, 6.07) is 12.9. The molecule has 2 aromatic rings. The molecule has 1 saturated heterocycles. The van der Waals surface area contributed by atoms with Crippen LogP contribution in [0.2, 0.25) is 0 Å². The summed E-state index contributed by atoms with van der Waals surface area (Å²) in [5.74, 6) is 0. The average molecular weight is 309 g/mol. The Morgan fingerprint density at radius 1 is 1.20 bits per heavy atom. The Kier molecular flexibility index (Phi) is 3.64. The second-order valence-electron chi connectivity index (χ2n) is 4.61. The minimum absolute atomic E-state index is 0.376. The van der Waals surface area contributed by atoms with Crippen molar-refractivity contribution in [3.8, 4) is 0 Å². The highest BCUT2D eigenvalue weighted by Crippen LogP contribution is 2.34. The van der Waals surface area contributed by atoms with E-state index in [-0.39, 0.29) is 0 Å². The van der Waals surface area contributed by atoms with E-state index in [0.717, 1.165) is 10.4 Å². The Labute approximate surface area is 122 Å². The first-order valence-corrected chi connectivity index (χ1v) is 8.59. The van der Waals surface area contributed by atoms with Gasteiger partial charge in [0.15, 0.2) is 0 Å². The maximum Gasteiger partial charge on any atom is 0.255 e. The summed E-state index contributed by atoms with van der Waals surface area (Å²) < 4.78 is 32.8. The Morgan fingerprint density at radius 3 is 2.60 bits per heavy atom. The van der Waals surface area contributed by atoms with E-state index in [4.69, 9.17) is 4.74 Å². The molecule has 3 rings (SSSR count). The van der Waals surface area contributed by atoms with Crippen LogP contribution in [0.15, 0.2) is 46.7 Å². The maximum atomic E-state index is 12.7. The average Bonchev–Trinajstić information content (AvgIpc) is 3.08. The van der Waals surface area contributed by atoms with Gasteiger partial charge in [-0.3, -0.25) is 0 Å². The molecule has 20 heavy (non-hydrogen) atoms. The predicted octanol–water partition coefficient (Wildman–Crippen LogP) is 2.78. The number of hydrogen-bond acceptors (Lipinski definition) is 4. The molecule has 1 atom stereocenters. The second kappa shape index (κ2) is 5.29. The third kappa shape index (κ3) is 2.40. The number of rotatable bonds is 3. The number of nitrogens with zero attached hydrogens (tertiary/aromatic N) is 1. The van der Waals surface area contributed by atoms with Gasteiger partial charge >= 0.3 is 0 Å². The van der Waals surface area contributed by atoms with Crippen LogP contribution in [0.1, 0.15) is 16.7 Å². The molecule has 1 aliphatic heterocycles. The van der Waals surface area contributed by atoms with Gasteiger partial charge in [0.1, 0.15) is 10.4 Å². The van der Waals surface area contributed by atoms with E-state index in [1.165, 1.54) is 15.6 Å². The summed E-state index contributed by atoms with van der Waals surface area (Å²) in [5.41, 5.74) is 0.863. The highest BCUT2D eigenvalue weighted by molar-refractivity contribution is 7.91. The van der Waals surface area contributed by atoms with Gasteiger partial charge in [-0.2, -0.15) is 4.31 Å². The normalized spacial score (nSPS) is 20.4. The Balaban J connectivity index is 1.97. The number of aryl methyl sites for hydroxylation is 1. The molecular formula is C14H15NO3S2. The third-order valence-corrected chi connectivity index (χ3v) is 6.53. The Hall–Kier alpha value is -1.21. The molecule has 0 radical (unpaired) electrons. The molecule has 4 nitrogen and oxygen atoms in total. The molecule has 1 aromatic heterocycles. The van der Waals surface area contributed by atoms with E-state index < -0.39 is 16.3 Å². The first-order chi connectivity index (χ1) is 9.59. The van der Waals surface area contributed by atoms with Crippen molar-refractivity contribution in [2.24, 2.45) is 0 Å². The van der Waals surface area contributed by atoms with Crippen molar-refractivity contribution >= 4 is 21.4 Å². The topological polar surface area (TPSA) is 46.6 Å². The quantitative estimate of drug-likeness (QED) is 0.876. The zero-order chi connectivity index (χ0) is 14.2. The first kappa shape index (κ1) is 13.8. The van der Waals surface area contributed by atoms with Gasteiger partial charge in [-0.25, -0.2) is 8.42 Å². The SMILES string of the molecule is Cc1ccc(S(=O)(=O)N2CCOC2c2ccccc2)s1. The molecule has 1 aromatic carbocycles. The predicted molar refractivity (Wildman–Crippen MR) is 78.1 cm³/mol. The minimum Gasteiger partial charge on any atom is -0.356 e. The maximum absolute atomic E-state index is 12.7. The van der Waals surface area contributed by atoms with Crippen molar-refractivity contribution in [2.75, 3.05) is 13.2 Å². The van der Waals surface area contributed by atoms with Crippen molar-refractivity contribution in [1.82, 2.24) is 4.31 Å². The van der Waals surface area contributed by atoms with Gasteiger partial charge in [0.25, 0.3) is 10.0 Å². The Bertz CT molecular complexity index is 694. The lowest BCUT2D eigenvalue weighted by molar-refractivity contribution is 0.0684. The number of hydrogen-bond donors (Lipinski definition) is 0. The van der Waals surface area contributed by atoms with Gasteiger partial charge in [-0.1, -0.05) is 30.3 Å². The van der Waals surface area contributed by atoms with Crippen LogP contribution >= 0.6 is 11.3 Å². The Morgan fingerprint density at radius 2 is 1.95 bits per heavy atom. The lowest BCUT2D eigenvalue weighted by atomic mass is 10.2. The zero-order valence-corrected chi connectivity index (χ0v) is 12.7. The van der Waals surface area contributed by atoms with E-state index in [1.807, 2.05) is 43.3 Å². The first-order valence-electron chi connectivity index (χ1n) is 6.34. The molecule has 0 saturated carbocycles. The molecule has 0 N–H and O–H groups in total. The van der Waals surface area contributed by atoms with Crippen molar-refractivity contribution in [1.29, 1.82) is 0 Å². The van der Waals surface area contributed by atoms with Crippen LogP contribution < -0.4 is 0 Å². The number of ether oxygens (including phenoxy) is 1. The van der Waals surface area contributed by atoms with Crippen molar-refractivity contribution in [3.63, 3.8) is 0 Å². The van der Waals surface area contributed by atoms with Crippen LogP contribution in [0.3, 0.4) is 0 Å². The summed E-state index contributed by atoms with van der Waals surface area (Å²) in [4.78, 5) is 0.986. The highest BCUT2D eigenvalue weighted by atomic mass is 32.2. The second-order valence-corrected chi connectivity index (χ2v) is 8.02. The molecule has 6 heteroatoms. The molecule has 106 valence electrons. The largest absolute Gasteiger partial charge is 0.356 e. The number of thiophene rings is 1. The molecule has 1 fully saturated rings.